The van der Waals surface area contributed by atoms with Crippen LogP contribution in [0, 0.1) is 0 Å². The molecule has 0 bridgehead atoms. The Kier molecular flexibility index (Phi) is 4.93. The maximum Gasteiger partial charge on any atom is 0.0858 e. The number of nitrogens with zero attached hydrogens (tertiary/aromatic N) is 3. The van der Waals surface area contributed by atoms with Crippen LogP contribution in [-0.4, -0.2) is 20.1 Å². The molecule has 0 atom stereocenters. The fourth-order valence-corrected chi connectivity index (χ4v) is 1.86. The molecule has 110 valence electrons. The van der Waals surface area contributed by atoms with Crippen LogP contribution >= 0.6 is 0 Å². The third-order valence-corrected chi connectivity index (χ3v) is 3.47. The lowest BCUT2D eigenvalue weighted by molar-refractivity contribution is 0.755. The van der Waals surface area contributed by atoms with E-state index in [0.29, 0.717) is 6.04 Å². The zero-order valence-electron chi connectivity index (χ0n) is 13.0. The molecule has 0 saturated heterocycles. The summed E-state index contributed by atoms with van der Waals surface area (Å²) >= 11 is 0. The van der Waals surface area contributed by atoms with Crippen LogP contribution in [0.1, 0.15) is 13.8 Å². The Labute approximate surface area is 126 Å². The summed E-state index contributed by atoms with van der Waals surface area (Å²) in [4.78, 5) is 2.22. The number of anilines is 2. The highest BCUT2D eigenvalue weighted by Gasteiger charge is 2.03. The van der Waals surface area contributed by atoms with Gasteiger partial charge in [0.05, 0.1) is 11.4 Å². The Bertz CT molecular complexity index is 585. The standard InChI is InChI=1S/C17H22N4/c1-13(2)21(4)17-11-9-16(10-12-17)20-19-15-7-5-14(18-3)6-8-15/h5-13,18H,1-4H3. The van der Waals surface area contributed by atoms with Gasteiger partial charge in [-0.2, -0.15) is 10.2 Å². The van der Waals surface area contributed by atoms with E-state index in [9.17, 15) is 0 Å². The smallest absolute Gasteiger partial charge is 0.0858 e. The summed E-state index contributed by atoms with van der Waals surface area (Å²) in [5.74, 6) is 0. The number of benzene rings is 2. The maximum absolute atomic E-state index is 4.26. The van der Waals surface area contributed by atoms with Gasteiger partial charge < -0.3 is 10.2 Å². The Morgan fingerprint density at radius 3 is 1.76 bits per heavy atom. The van der Waals surface area contributed by atoms with Crippen LogP contribution in [0.25, 0.3) is 0 Å². The molecule has 2 rings (SSSR count). The minimum absolute atomic E-state index is 0.475. The molecule has 0 aliphatic heterocycles. The number of hydrogen-bond acceptors (Lipinski definition) is 4. The second-order valence-corrected chi connectivity index (χ2v) is 5.22. The second-order valence-electron chi connectivity index (χ2n) is 5.22. The number of hydrogen-bond donors (Lipinski definition) is 1. The van der Waals surface area contributed by atoms with Crippen molar-refractivity contribution in [2.45, 2.75) is 19.9 Å². The van der Waals surface area contributed by atoms with Crippen LogP contribution in [-0.2, 0) is 0 Å². The molecule has 0 fully saturated rings. The van der Waals surface area contributed by atoms with Crippen LogP contribution in [0.5, 0.6) is 0 Å². The first kappa shape index (κ1) is 15.0. The predicted octanol–water partition coefficient (Wildman–Crippen LogP) is 4.99. The highest BCUT2D eigenvalue weighted by Crippen LogP contribution is 2.23. The lowest BCUT2D eigenvalue weighted by atomic mass is 10.2. The van der Waals surface area contributed by atoms with Gasteiger partial charge in [-0.1, -0.05) is 0 Å². The summed E-state index contributed by atoms with van der Waals surface area (Å²) in [6.45, 7) is 4.34. The normalized spacial score (nSPS) is 11.1. The van der Waals surface area contributed by atoms with E-state index >= 15 is 0 Å². The van der Waals surface area contributed by atoms with E-state index in [-0.39, 0.29) is 0 Å². The van der Waals surface area contributed by atoms with E-state index in [1.54, 1.807) is 0 Å². The predicted molar refractivity (Wildman–Crippen MR) is 90.1 cm³/mol. The van der Waals surface area contributed by atoms with Crippen molar-refractivity contribution in [3.05, 3.63) is 48.5 Å². The molecular weight excluding hydrogens is 260 g/mol. The van der Waals surface area contributed by atoms with Crippen molar-refractivity contribution in [2.75, 3.05) is 24.3 Å². The van der Waals surface area contributed by atoms with E-state index in [1.807, 2.05) is 43.4 Å². The second kappa shape index (κ2) is 6.88. The van der Waals surface area contributed by atoms with Gasteiger partial charge in [0.15, 0.2) is 0 Å². The minimum atomic E-state index is 0.475. The minimum Gasteiger partial charge on any atom is -0.388 e. The van der Waals surface area contributed by atoms with E-state index < -0.39 is 0 Å². The fraction of sp³-hybridized carbons (Fsp3) is 0.294. The van der Waals surface area contributed by atoms with Gasteiger partial charge in [-0.25, -0.2) is 0 Å². The Hall–Kier alpha value is -2.36. The molecule has 0 spiro atoms. The highest BCUT2D eigenvalue weighted by atomic mass is 15.1. The molecule has 0 saturated carbocycles. The van der Waals surface area contributed by atoms with Gasteiger partial charge in [-0.15, -0.1) is 0 Å². The monoisotopic (exact) mass is 282 g/mol. The summed E-state index contributed by atoms with van der Waals surface area (Å²) in [7, 11) is 3.98. The molecule has 2 aromatic carbocycles. The summed E-state index contributed by atoms with van der Waals surface area (Å²) < 4.78 is 0. The molecule has 0 radical (unpaired) electrons. The van der Waals surface area contributed by atoms with Crippen LogP contribution in [0.2, 0.25) is 0 Å². The molecule has 0 heterocycles. The lowest BCUT2D eigenvalue weighted by Gasteiger charge is -2.23. The SMILES string of the molecule is CNc1ccc(N=Nc2ccc(N(C)C(C)C)cc2)cc1. The Morgan fingerprint density at radius 1 is 0.857 bits per heavy atom. The quantitative estimate of drug-likeness (QED) is 0.785. The number of rotatable bonds is 5. The van der Waals surface area contributed by atoms with E-state index in [2.05, 4.69) is 53.5 Å². The molecule has 0 unspecified atom stereocenters. The third-order valence-electron chi connectivity index (χ3n) is 3.47. The first-order chi connectivity index (χ1) is 10.1. The summed E-state index contributed by atoms with van der Waals surface area (Å²) in [5, 5.41) is 11.6. The van der Waals surface area contributed by atoms with E-state index in [4.69, 9.17) is 0 Å². The molecule has 4 heteroatoms. The van der Waals surface area contributed by atoms with Gasteiger partial charge in [0, 0.05) is 31.5 Å². The van der Waals surface area contributed by atoms with Crippen LogP contribution < -0.4 is 10.2 Å². The topological polar surface area (TPSA) is 40.0 Å². The van der Waals surface area contributed by atoms with Crippen molar-refractivity contribution in [1.29, 1.82) is 0 Å². The molecule has 2 aromatic rings. The molecule has 0 aromatic heterocycles. The van der Waals surface area contributed by atoms with Gasteiger partial charge in [-0.3, -0.25) is 0 Å². The first-order valence-corrected chi connectivity index (χ1v) is 7.12. The highest BCUT2D eigenvalue weighted by molar-refractivity contribution is 5.53. The summed E-state index contributed by atoms with van der Waals surface area (Å²) in [6.07, 6.45) is 0. The van der Waals surface area contributed by atoms with Gasteiger partial charge in [0.2, 0.25) is 0 Å². The van der Waals surface area contributed by atoms with E-state index in [0.717, 1.165) is 17.1 Å². The van der Waals surface area contributed by atoms with Gasteiger partial charge in [0.25, 0.3) is 0 Å². The Balaban J connectivity index is 2.07. The number of azo groups is 1. The lowest BCUT2D eigenvalue weighted by Crippen LogP contribution is -2.25. The fourth-order valence-electron chi connectivity index (χ4n) is 1.86. The molecule has 21 heavy (non-hydrogen) atoms. The number of nitrogens with one attached hydrogen (secondary N) is 1. The largest absolute Gasteiger partial charge is 0.388 e. The van der Waals surface area contributed by atoms with Crippen LogP contribution in [0.15, 0.2) is 58.8 Å². The van der Waals surface area contributed by atoms with Crippen molar-refractivity contribution >= 4 is 22.7 Å². The van der Waals surface area contributed by atoms with Gasteiger partial charge >= 0.3 is 0 Å². The van der Waals surface area contributed by atoms with E-state index in [1.165, 1.54) is 5.69 Å². The molecule has 0 amide bonds. The van der Waals surface area contributed by atoms with Gasteiger partial charge in [-0.05, 0) is 62.4 Å². The molecular formula is C17H22N4. The Morgan fingerprint density at radius 2 is 1.33 bits per heavy atom. The average Bonchev–Trinajstić information content (AvgIpc) is 2.53. The summed E-state index contributed by atoms with van der Waals surface area (Å²) in [6, 6.07) is 16.4. The molecule has 0 aliphatic carbocycles. The van der Waals surface area contributed by atoms with Crippen LogP contribution in [0.4, 0.5) is 22.7 Å². The van der Waals surface area contributed by atoms with Crippen molar-refractivity contribution < 1.29 is 0 Å². The van der Waals surface area contributed by atoms with Crippen molar-refractivity contribution in [1.82, 2.24) is 0 Å². The molecule has 4 nitrogen and oxygen atoms in total. The summed E-state index contributed by atoms with van der Waals surface area (Å²) in [5.41, 5.74) is 3.95. The maximum atomic E-state index is 4.26. The molecule has 0 aliphatic rings. The van der Waals surface area contributed by atoms with Gasteiger partial charge in [0.1, 0.15) is 0 Å². The van der Waals surface area contributed by atoms with Crippen molar-refractivity contribution in [3.8, 4) is 0 Å². The van der Waals surface area contributed by atoms with Crippen molar-refractivity contribution in [3.63, 3.8) is 0 Å². The van der Waals surface area contributed by atoms with Crippen LogP contribution in [0.3, 0.4) is 0 Å². The first-order valence-electron chi connectivity index (χ1n) is 7.12. The third kappa shape index (κ3) is 4.05. The average molecular weight is 282 g/mol. The zero-order chi connectivity index (χ0) is 15.2. The molecule has 1 N–H and O–H groups in total. The van der Waals surface area contributed by atoms with Crippen molar-refractivity contribution in [2.24, 2.45) is 10.2 Å². The zero-order valence-corrected chi connectivity index (χ0v) is 13.0.